The smallest absolute Gasteiger partial charge is 0.00390 e. The van der Waals surface area contributed by atoms with Crippen molar-refractivity contribution in [1.82, 2.24) is 0 Å². The highest BCUT2D eigenvalue weighted by atomic mass is 14.6. The summed E-state index contributed by atoms with van der Waals surface area (Å²) in [7, 11) is 0. The van der Waals surface area contributed by atoms with Crippen molar-refractivity contribution in [3.8, 4) is 0 Å². The normalized spacial score (nSPS) is 31.7. The molecule has 0 aromatic carbocycles. The Balaban J connectivity index is 0.000000160. The summed E-state index contributed by atoms with van der Waals surface area (Å²) < 4.78 is 0. The van der Waals surface area contributed by atoms with Gasteiger partial charge in [-0.05, 0) is 56.9 Å². The molecule has 2 nitrogen and oxygen atoms in total. The lowest BCUT2D eigenvalue weighted by Crippen LogP contribution is -2.25. The fourth-order valence-corrected chi connectivity index (χ4v) is 2.71. The molecule has 4 N–H and O–H groups in total. The summed E-state index contributed by atoms with van der Waals surface area (Å²) in [6.45, 7) is 3.23. The van der Waals surface area contributed by atoms with Crippen LogP contribution in [0, 0.1) is 11.8 Å². The van der Waals surface area contributed by atoms with Gasteiger partial charge in [-0.2, -0.15) is 0 Å². The second-order valence-corrected chi connectivity index (χ2v) is 5.76. The van der Waals surface area contributed by atoms with Gasteiger partial charge in [0.15, 0.2) is 0 Å². The van der Waals surface area contributed by atoms with Gasteiger partial charge < -0.3 is 11.5 Å². The molecule has 0 amide bonds. The highest BCUT2D eigenvalue weighted by molar-refractivity contribution is 4.71. The third kappa shape index (κ3) is 5.86. The van der Waals surface area contributed by atoms with E-state index in [2.05, 4.69) is 6.92 Å². The Morgan fingerprint density at radius 1 is 0.875 bits per heavy atom. The Kier molecular flexibility index (Phi) is 7.06. The van der Waals surface area contributed by atoms with Gasteiger partial charge in [-0.25, -0.2) is 0 Å². The molecule has 0 aliphatic heterocycles. The maximum absolute atomic E-state index is 5.70. The van der Waals surface area contributed by atoms with Crippen molar-refractivity contribution in [3.05, 3.63) is 0 Å². The van der Waals surface area contributed by atoms with Crippen LogP contribution in [0.1, 0.15) is 64.7 Å². The van der Waals surface area contributed by atoms with E-state index in [1.54, 1.807) is 0 Å². The van der Waals surface area contributed by atoms with E-state index in [9.17, 15) is 0 Å². The van der Waals surface area contributed by atoms with E-state index in [-0.39, 0.29) is 0 Å². The van der Waals surface area contributed by atoms with Gasteiger partial charge in [-0.3, -0.25) is 0 Å². The lowest BCUT2D eigenvalue weighted by Gasteiger charge is -2.22. The maximum atomic E-state index is 5.70. The van der Waals surface area contributed by atoms with Crippen LogP contribution in [0.5, 0.6) is 0 Å². The molecule has 0 saturated heterocycles. The van der Waals surface area contributed by atoms with Crippen molar-refractivity contribution in [2.45, 2.75) is 70.8 Å². The van der Waals surface area contributed by atoms with Gasteiger partial charge in [0.25, 0.3) is 0 Å². The highest BCUT2D eigenvalue weighted by Gasteiger charge is 2.13. The highest BCUT2D eigenvalue weighted by Crippen LogP contribution is 2.22. The van der Waals surface area contributed by atoms with Crippen LogP contribution < -0.4 is 11.5 Å². The van der Waals surface area contributed by atoms with Crippen molar-refractivity contribution < 1.29 is 0 Å². The lowest BCUT2D eigenvalue weighted by atomic mass is 9.88. The summed E-state index contributed by atoms with van der Waals surface area (Å²) >= 11 is 0. The molecule has 0 aromatic rings. The van der Waals surface area contributed by atoms with Gasteiger partial charge >= 0.3 is 0 Å². The van der Waals surface area contributed by atoms with Crippen LogP contribution in [0.4, 0.5) is 0 Å². The zero-order chi connectivity index (χ0) is 11.8. The second kappa shape index (κ2) is 8.08. The van der Waals surface area contributed by atoms with Crippen LogP contribution in [0.15, 0.2) is 0 Å². The average molecular weight is 226 g/mol. The Hall–Kier alpha value is -0.0800. The van der Waals surface area contributed by atoms with Gasteiger partial charge in [0.05, 0.1) is 0 Å². The van der Waals surface area contributed by atoms with E-state index in [0.29, 0.717) is 6.04 Å². The zero-order valence-electron chi connectivity index (χ0n) is 11.0. The fourth-order valence-electron chi connectivity index (χ4n) is 2.71. The van der Waals surface area contributed by atoms with Crippen LogP contribution in [-0.4, -0.2) is 12.6 Å². The summed E-state index contributed by atoms with van der Waals surface area (Å²) in [6.07, 6.45) is 12.2. The average Bonchev–Trinajstić information content (AvgIpc) is 2.35. The molecule has 2 aliphatic rings. The van der Waals surface area contributed by atoms with Gasteiger partial charge in [-0.15, -0.1) is 0 Å². The molecular formula is C14H30N2. The van der Waals surface area contributed by atoms with Crippen LogP contribution in [0.25, 0.3) is 0 Å². The number of rotatable bonds is 1. The third-order valence-corrected chi connectivity index (χ3v) is 4.12. The topological polar surface area (TPSA) is 52.0 Å². The molecule has 0 radical (unpaired) electrons. The first-order valence-corrected chi connectivity index (χ1v) is 7.18. The van der Waals surface area contributed by atoms with Crippen molar-refractivity contribution >= 4 is 0 Å². The maximum Gasteiger partial charge on any atom is 0.00390 e. The summed E-state index contributed by atoms with van der Waals surface area (Å²) in [6, 6.07) is 0.520. The molecule has 0 bridgehead atoms. The quantitative estimate of drug-likeness (QED) is 0.722. The molecule has 2 rings (SSSR count). The minimum Gasteiger partial charge on any atom is -0.330 e. The lowest BCUT2D eigenvalue weighted by molar-refractivity contribution is 0.348. The molecule has 2 heteroatoms. The van der Waals surface area contributed by atoms with E-state index < -0.39 is 0 Å². The van der Waals surface area contributed by atoms with E-state index in [0.717, 1.165) is 18.4 Å². The van der Waals surface area contributed by atoms with E-state index in [1.165, 1.54) is 57.8 Å². The molecule has 2 saturated carbocycles. The van der Waals surface area contributed by atoms with Gasteiger partial charge in [0.1, 0.15) is 0 Å². The predicted octanol–water partition coefficient (Wildman–Crippen LogP) is 3.05. The number of nitrogens with two attached hydrogens (primary N) is 2. The van der Waals surface area contributed by atoms with Crippen LogP contribution in [0.2, 0.25) is 0 Å². The second-order valence-electron chi connectivity index (χ2n) is 5.76. The van der Waals surface area contributed by atoms with Gasteiger partial charge in [0, 0.05) is 6.04 Å². The van der Waals surface area contributed by atoms with Crippen molar-refractivity contribution in [3.63, 3.8) is 0 Å². The van der Waals surface area contributed by atoms with E-state index in [1.807, 2.05) is 0 Å². The fraction of sp³-hybridized carbons (Fsp3) is 1.00. The zero-order valence-corrected chi connectivity index (χ0v) is 11.0. The molecule has 2 aliphatic carbocycles. The van der Waals surface area contributed by atoms with Crippen LogP contribution in [-0.2, 0) is 0 Å². The number of hydrogen-bond donors (Lipinski definition) is 2. The predicted molar refractivity (Wildman–Crippen MR) is 71.2 cm³/mol. The Labute approximate surface area is 101 Å². The van der Waals surface area contributed by atoms with Crippen LogP contribution >= 0.6 is 0 Å². The molecule has 16 heavy (non-hydrogen) atoms. The minimum atomic E-state index is 0.520. The first kappa shape index (κ1) is 14.0. The monoisotopic (exact) mass is 226 g/mol. The minimum absolute atomic E-state index is 0.520. The summed E-state index contributed by atoms with van der Waals surface area (Å²) in [5.74, 6) is 1.80. The van der Waals surface area contributed by atoms with Gasteiger partial charge in [-0.1, -0.05) is 26.2 Å². The molecule has 0 heterocycles. The first-order chi connectivity index (χ1) is 7.72. The third-order valence-electron chi connectivity index (χ3n) is 4.12. The Morgan fingerprint density at radius 3 is 1.81 bits per heavy atom. The number of hydrogen-bond acceptors (Lipinski definition) is 2. The summed E-state index contributed by atoms with van der Waals surface area (Å²) in [5, 5.41) is 0. The van der Waals surface area contributed by atoms with E-state index in [4.69, 9.17) is 11.5 Å². The molecular weight excluding hydrogens is 196 g/mol. The SMILES string of the molecule is CC1CCC(N)CC1.NCC1CCCCC1. The first-order valence-electron chi connectivity index (χ1n) is 7.18. The standard InChI is InChI=1S/2C7H15N/c1-6-2-4-7(8)5-3-6;8-6-7-4-2-1-3-5-7/h6-7H,2-5,8H2,1H3;7H,1-6,8H2. The van der Waals surface area contributed by atoms with Crippen molar-refractivity contribution in [2.24, 2.45) is 23.3 Å². The molecule has 2 fully saturated rings. The Bertz CT molecular complexity index is 146. The van der Waals surface area contributed by atoms with Crippen molar-refractivity contribution in [1.29, 1.82) is 0 Å². The van der Waals surface area contributed by atoms with Gasteiger partial charge in [0.2, 0.25) is 0 Å². The Morgan fingerprint density at radius 2 is 1.44 bits per heavy atom. The molecule has 0 spiro atoms. The summed E-state index contributed by atoms with van der Waals surface area (Å²) in [5.41, 5.74) is 11.2. The molecule has 0 aromatic heterocycles. The molecule has 0 atom stereocenters. The van der Waals surface area contributed by atoms with Crippen molar-refractivity contribution in [2.75, 3.05) is 6.54 Å². The molecule has 96 valence electrons. The van der Waals surface area contributed by atoms with E-state index >= 15 is 0 Å². The molecule has 0 unspecified atom stereocenters. The largest absolute Gasteiger partial charge is 0.330 e. The van der Waals surface area contributed by atoms with Crippen LogP contribution in [0.3, 0.4) is 0 Å². The summed E-state index contributed by atoms with van der Waals surface area (Å²) in [4.78, 5) is 0.